The first kappa shape index (κ1) is 28.5. The molecule has 212 valence electrons. The van der Waals surface area contributed by atoms with E-state index in [1.54, 1.807) is 24.3 Å². The summed E-state index contributed by atoms with van der Waals surface area (Å²) in [5, 5.41) is 25.3. The lowest BCUT2D eigenvalue weighted by Gasteiger charge is -2.50. The zero-order valence-electron chi connectivity index (χ0n) is 23.0. The van der Waals surface area contributed by atoms with E-state index in [1.807, 2.05) is 73.7 Å². The molecule has 0 radical (unpaired) electrons. The molecule has 0 aliphatic carbocycles. The summed E-state index contributed by atoms with van der Waals surface area (Å²) in [6.45, 7) is 3.74. The molecule has 3 N–H and O–H groups in total. The lowest BCUT2D eigenvalue weighted by molar-refractivity contribution is -0.287. The predicted octanol–water partition coefficient (Wildman–Crippen LogP) is 5.21. The van der Waals surface area contributed by atoms with E-state index in [0.29, 0.717) is 24.3 Å². The van der Waals surface area contributed by atoms with Crippen molar-refractivity contribution in [2.75, 3.05) is 6.54 Å². The first-order chi connectivity index (χ1) is 19.8. The minimum Gasteiger partial charge on any atom is -0.462 e. The first-order valence-electron chi connectivity index (χ1n) is 13.7. The monoisotopic (exact) mass is 555 g/mol. The largest absolute Gasteiger partial charge is 0.462 e. The highest BCUT2D eigenvalue weighted by molar-refractivity contribution is 5.73. The molecule has 0 bridgehead atoms. The van der Waals surface area contributed by atoms with Gasteiger partial charge in [0.25, 0.3) is 0 Å². The molecule has 1 saturated heterocycles. The molecule has 1 aliphatic heterocycles. The second-order valence-corrected chi connectivity index (χ2v) is 10.4. The molecule has 0 aromatic heterocycles. The minimum absolute atomic E-state index is 0.131. The Morgan fingerprint density at radius 1 is 0.902 bits per heavy atom. The van der Waals surface area contributed by atoms with Crippen LogP contribution in [0.4, 0.5) is 4.39 Å². The van der Waals surface area contributed by atoms with Gasteiger partial charge in [0, 0.05) is 19.4 Å². The SMILES string of the molecule is CC(=O)NCCc1ccc(O[C@@H]2OC(c3ccccc3)(c3ccccc3)[C@H](C)[C@@H](O)[C@H]2O)cc1-c1cccc(F)c1. The zero-order chi connectivity index (χ0) is 29.0. The fourth-order valence-electron chi connectivity index (χ4n) is 5.63. The van der Waals surface area contributed by atoms with Crippen molar-refractivity contribution in [1.29, 1.82) is 0 Å². The van der Waals surface area contributed by atoms with E-state index >= 15 is 0 Å². The maximum absolute atomic E-state index is 14.2. The zero-order valence-corrected chi connectivity index (χ0v) is 23.0. The number of aliphatic hydroxyl groups excluding tert-OH is 2. The van der Waals surface area contributed by atoms with Crippen molar-refractivity contribution in [3.05, 3.63) is 126 Å². The molecular weight excluding hydrogens is 521 g/mol. The van der Waals surface area contributed by atoms with E-state index in [9.17, 15) is 19.4 Å². The van der Waals surface area contributed by atoms with Gasteiger partial charge in [-0.2, -0.15) is 0 Å². The van der Waals surface area contributed by atoms with Gasteiger partial charge in [0.1, 0.15) is 23.3 Å². The van der Waals surface area contributed by atoms with E-state index in [0.717, 1.165) is 22.3 Å². The molecular formula is C34H34FNO5. The summed E-state index contributed by atoms with van der Waals surface area (Å²) in [5.74, 6) is -0.636. The summed E-state index contributed by atoms with van der Waals surface area (Å²) in [6, 6.07) is 30.9. The van der Waals surface area contributed by atoms with Crippen LogP contribution in [0, 0.1) is 11.7 Å². The number of aliphatic hydroxyl groups is 2. The topological polar surface area (TPSA) is 88.0 Å². The smallest absolute Gasteiger partial charge is 0.229 e. The quantitative estimate of drug-likeness (QED) is 0.278. The molecule has 4 aromatic carbocycles. The van der Waals surface area contributed by atoms with Crippen molar-refractivity contribution < 1.29 is 28.9 Å². The van der Waals surface area contributed by atoms with E-state index in [4.69, 9.17) is 9.47 Å². The summed E-state index contributed by atoms with van der Waals surface area (Å²) in [4.78, 5) is 11.4. The third-order valence-corrected chi connectivity index (χ3v) is 7.73. The van der Waals surface area contributed by atoms with Crippen LogP contribution in [0.5, 0.6) is 5.75 Å². The number of hydrogen-bond donors (Lipinski definition) is 3. The highest BCUT2D eigenvalue weighted by Gasteiger charge is 2.54. The van der Waals surface area contributed by atoms with Gasteiger partial charge < -0.3 is 25.0 Å². The summed E-state index contributed by atoms with van der Waals surface area (Å²) in [7, 11) is 0. The van der Waals surface area contributed by atoms with Gasteiger partial charge in [0.15, 0.2) is 0 Å². The van der Waals surface area contributed by atoms with Gasteiger partial charge in [-0.3, -0.25) is 4.79 Å². The van der Waals surface area contributed by atoms with Crippen LogP contribution in [0.2, 0.25) is 0 Å². The maximum Gasteiger partial charge on any atom is 0.229 e. The number of carbonyl (C=O) groups is 1. The molecule has 0 saturated carbocycles. The van der Waals surface area contributed by atoms with Crippen LogP contribution in [-0.2, 0) is 21.6 Å². The van der Waals surface area contributed by atoms with Crippen LogP contribution < -0.4 is 10.1 Å². The number of carbonyl (C=O) groups excluding carboxylic acids is 1. The van der Waals surface area contributed by atoms with Crippen molar-refractivity contribution in [3.63, 3.8) is 0 Å². The number of hydrogen-bond acceptors (Lipinski definition) is 5. The Morgan fingerprint density at radius 2 is 1.56 bits per heavy atom. The number of amides is 1. The Bertz CT molecular complexity index is 1440. The van der Waals surface area contributed by atoms with Gasteiger partial charge in [0.2, 0.25) is 12.2 Å². The third-order valence-electron chi connectivity index (χ3n) is 7.73. The number of ether oxygens (including phenoxy) is 2. The lowest BCUT2D eigenvalue weighted by Crippen LogP contribution is -2.60. The molecule has 7 heteroatoms. The van der Waals surface area contributed by atoms with E-state index in [1.165, 1.54) is 19.1 Å². The first-order valence-corrected chi connectivity index (χ1v) is 13.7. The molecule has 0 unspecified atom stereocenters. The standard InChI is InChI=1S/C34H34FNO5/c1-22-31(38)32(39)33(41-34(22,26-11-5-3-6-12-26)27-13-7-4-8-14-27)40-29-17-16-24(18-19-36-23(2)37)30(21-29)25-10-9-15-28(35)20-25/h3-17,20-22,31-33,38-39H,18-19H2,1-2H3,(H,36,37)/t22-,31-,32-,33-/m1/s1. The van der Waals surface area contributed by atoms with Gasteiger partial charge in [0.05, 0.1) is 6.10 Å². The van der Waals surface area contributed by atoms with Crippen molar-refractivity contribution in [1.82, 2.24) is 5.32 Å². The van der Waals surface area contributed by atoms with Gasteiger partial charge >= 0.3 is 0 Å². The Morgan fingerprint density at radius 3 is 2.17 bits per heavy atom. The molecule has 5 rings (SSSR count). The number of rotatable bonds is 8. The maximum atomic E-state index is 14.2. The average molecular weight is 556 g/mol. The van der Waals surface area contributed by atoms with Gasteiger partial charge in [-0.05, 0) is 58.5 Å². The van der Waals surface area contributed by atoms with Crippen LogP contribution in [0.15, 0.2) is 103 Å². The fraction of sp³-hybridized carbons (Fsp3) is 0.265. The highest BCUT2D eigenvalue weighted by atomic mass is 19.1. The number of nitrogens with one attached hydrogen (secondary N) is 1. The highest BCUT2D eigenvalue weighted by Crippen LogP contribution is 2.47. The van der Waals surface area contributed by atoms with Crippen molar-refractivity contribution >= 4 is 5.91 Å². The summed E-state index contributed by atoms with van der Waals surface area (Å²) in [6.07, 6.45) is -3.18. The van der Waals surface area contributed by atoms with Gasteiger partial charge in [-0.25, -0.2) is 4.39 Å². The van der Waals surface area contributed by atoms with E-state index in [2.05, 4.69) is 5.32 Å². The Balaban J connectivity index is 1.53. The van der Waals surface area contributed by atoms with Crippen molar-refractivity contribution in [2.24, 2.45) is 5.92 Å². The number of benzene rings is 4. The molecule has 4 atom stereocenters. The molecule has 6 nitrogen and oxygen atoms in total. The summed E-state index contributed by atoms with van der Waals surface area (Å²) >= 11 is 0. The van der Waals surface area contributed by atoms with Crippen molar-refractivity contribution in [2.45, 2.75) is 44.4 Å². The summed E-state index contributed by atoms with van der Waals surface area (Å²) in [5.41, 5.74) is 2.81. The predicted molar refractivity (Wildman–Crippen MR) is 155 cm³/mol. The average Bonchev–Trinajstić information content (AvgIpc) is 2.99. The van der Waals surface area contributed by atoms with Gasteiger partial charge in [-0.15, -0.1) is 0 Å². The molecule has 41 heavy (non-hydrogen) atoms. The van der Waals surface area contributed by atoms with Crippen LogP contribution in [0.3, 0.4) is 0 Å². The van der Waals surface area contributed by atoms with Crippen LogP contribution >= 0.6 is 0 Å². The van der Waals surface area contributed by atoms with Crippen molar-refractivity contribution in [3.8, 4) is 16.9 Å². The molecule has 1 aliphatic rings. The second-order valence-electron chi connectivity index (χ2n) is 10.4. The normalized spacial score (nSPS) is 21.7. The van der Waals surface area contributed by atoms with Gasteiger partial charge in [-0.1, -0.05) is 85.8 Å². The molecule has 1 fully saturated rings. The number of halogens is 1. The Hall–Kier alpha value is -4.04. The molecule has 4 aromatic rings. The molecule has 0 spiro atoms. The Labute approximate surface area is 239 Å². The summed E-state index contributed by atoms with van der Waals surface area (Å²) < 4.78 is 27.2. The third kappa shape index (κ3) is 5.88. The molecule has 1 amide bonds. The Kier molecular flexibility index (Phi) is 8.49. The van der Waals surface area contributed by atoms with E-state index < -0.39 is 30.0 Å². The fourth-order valence-corrected chi connectivity index (χ4v) is 5.63. The van der Waals surface area contributed by atoms with Crippen LogP contribution in [0.25, 0.3) is 11.1 Å². The lowest BCUT2D eigenvalue weighted by atomic mass is 9.71. The minimum atomic E-state index is -1.33. The second kappa shape index (κ2) is 12.2. The van der Waals surface area contributed by atoms with E-state index in [-0.39, 0.29) is 11.7 Å². The molecule has 1 heterocycles. The van der Waals surface area contributed by atoms with Crippen LogP contribution in [-0.4, -0.2) is 41.2 Å². The van der Waals surface area contributed by atoms with Crippen LogP contribution in [0.1, 0.15) is 30.5 Å².